The summed E-state index contributed by atoms with van der Waals surface area (Å²) in [4.78, 5) is 9.76. The third kappa shape index (κ3) is 11.8. The van der Waals surface area contributed by atoms with Crippen molar-refractivity contribution in [3.63, 3.8) is 0 Å². The number of carboxylic acids is 1. The summed E-state index contributed by atoms with van der Waals surface area (Å²) in [6.07, 6.45) is 4.47. The first kappa shape index (κ1) is 12.1. The Morgan fingerprint density at radius 2 is 1.55 bits per heavy atom. The Balaban J connectivity index is 0. The molecule has 0 aromatic heterocycles. The number of rotatable bonds is 3. The van der Waals surface area contributed by atoms with Gasteiger partial charge in [-0.25, -0.2) is 4.79 Å². The first-order chi connectivity index (χ1) is 5.09. The lowest BCUT2D eigenvalue weighted by atomic mass is 10.3. The van der Waals surface area contributed by atoms with E-state index in [2.05, 4.69) is 26.3 Å². The molecule has 0 aromatic carbocycles. The Labute approximate surface area is 66.9 Å². The minimum absolute atomic E-state index is 0.0278. The summed E-state index contributed by atoms with van der Waals surface area (Å²) in [5.74, 6) is -1.02. The predicted molar refractivity (Wildman–Crippen MR) is 47.4 cm³/mol. The molecule has 0 atom stereocenters. The van der Waals surface area contributed by atoms with Crippen LogP contribution in [0.3, 0.4) is 0 Å². The average molecular weight is 152 g/mol. The Kier molecular flexibility index (Phi) is 9.30. The van der Waals surface area contributed by atoms with Crippen molar-refractivity contribution in [1.82, 2.24) is 0 Å². The van der Waals surface area contributed by atoms with Crippen LogP contribution in [-0.2, 0) is 4.79 Å². The van der Waals surface area contributed by atoms with Gasteiger partial charge in [0.1, 0.15) is 0 Å². The highest BCUT2D eigenvalue weighted by Crippen LogP contribution is 1.86. The van der Waals surface area contributed by atoms with Gasteiger partial charge in [-0.05, 0) is 0 Å². The number of hydrogen-bond donors (Lipinski definition) is 1. The summed E-state index contributed by atoms with van der Waals surface area (Å²) in [5, 5.41) is 8.01. The van der Waals surface area contributed by atoms with Gasteiger partial charge in [0.05, 0.1) is 5.57 Å². The molecule has 0 aliphatic heterocycles. The summed E-state index contributed by atoms with van der Waals surface area (Å²) < 4.78 is 0. The Morgan fingerprint density at radius 1 is 1.18 bits per heavy atom. The molecule has 0 amide bonds. The first-order valence-electron chi connectivity index (χ1n) is 2.88. The zero-order valence-corrected chi connectivity index (χ0v) is 6.42. The maximum Gasteiger partial charge on any atom is 0.335 e. The van der Waals surface area contributed by atoms with Gasteiger partial charge in [-0.15, -0.1) is 0 Å². The van der Waals surface area contributed by atoms with Gasteiger partial charge in [0.15, 0.2) is 0 Å². The molecular formula is C9H12O2. The standard InChI is InChI=1S/C5H6O2.C4H6/c1-3-4(2)5(6)7;1-3-4-2/h3H,1-2H2,(H,6,7);3-4H,1-2H2. The van der Waals surface area contributed by atoms with Crippen LogP contribution >= 0.6 is 0 Å². The molecule has 60 valence electrons. The number of carboxylic acid groups (broad SMARTS) is 1. The van der Waals surface area contributed by atoms with E-state index in [0.717, 1.165) is 0 Å². The second kappa shape index (κ2) is 8.43. The van der Waals surface area contributed by atoms with E-state index in [1.54, 1.807) is 12.2 Å². The molecule has 0 saturated carbocycles. The summed E-state index contributed by atoms with van der Waals surface area (Å²) in [6, 6.07) is 0. The monoisotopic (exact) mass is 152 g/mol. The van der Waals surface area contributed by atoms with Crippen molar-refractivity contribution in [2.24, 2.45) is 0 Å². The van der Waals surface area contributed by atoms with Gasteiger partial charge in [-0.3, -0.25) is 0 Å². The average Bonchev–Trinajstić information content (AvgIpc) is 2.03. The molecule has 0 aliphatic carbocycles. The highest BCUT2D eigenvalue weighted by atomic mass is 16.4. The van der Waals surface area contributed by atoms with Crippen LogP contribution in [-0.4, -0.2) is 11.1 Å². The zero-order valence-electron chi connectivity index (χ0n) is 6.42. The number of aliphatic carboxylic acids is 1. The molecule has 0 aliphatic rings. The quantitative estimate of drug-likeness (QED) is 0.497. The van der Waals surface area contributed by atoms with Crippen LogP contribution < -0.4 is 0 Å². The highest BCUT2D eigenvalue weighted by Gasteiger charge is 1.93. The smallest absolute Gasteiger partial charge is 0.335 e. The summed E-state index contributed by atoms with van der Waals surface area (Å²) in [6.45, 7) is 13.1. The van der Waals surface area contributed by atoms with E-state index in [-0.39, 0.29) is 5.57 Å². The number of carbonyl (C=O) groups is 1. The fraction of sp³-hybridized carbons (Fsp3) is 0. The largest absolute Gasteiger partial charge is 0.478 e. The lowest BCUT2D eigenvalue weighted by molar-refractivity contribution is -0.132. The summed E-state index contributed by atoms with van der Waals surface area (Å²) in [5.41, 5.74) is 0.0278. The van der Waals surface area contributed by atoms with Crippen molar-refractivity contribution in [3.05, 3.63) is 50.1 Å². The summed E-state index contributed by atoms with van der Waals surface area (Å²) >= 11 is 0. The Morgan fingerprint density at radius 3 is 1.55 bits per heavy atom. The normalized spacial score (nSPS) is 6.55. The molecule has 2 heteroatoms. The number of hydrogen-bond acceptors (Lipinski definition) is 1. The van der Waals surface area contributed by atoms with Gasteiger partial charge in [0.25, 0.3) is 0 Å². The molecule has 1 N–H and O–H groups in total. The molecule has 0 heterocycles. The molecule has 0 radical (unpaired) electrons. The molecule has 0 aromatic rings. The van der Waals surface area contributed by atoms with Crippen molar-refractivity contribution in [2.45, 2.75) is 0 Å². The van der Waals surface area contributed by atoms with Gasteiger partial charge >= 0.3 is 5.97 Å². The first-order valence-corrected chi connectivity index (χ1v) is 2.88. The lowest BCUT2D eigenvalue weighted by Gasteiger charge is -1.82. The van der Waals surface area contributed by atoms with Crippen molar-refractivity contribution >= 4 is 5.97 Å². The van der Waals surface area contributed by atoms with E-state index >= 15 is 0 Å². The van der Waals surface area contributed by atoms with Crippen LogP contribution in [0.25, 0.3) is 0 Å². The zero-order chi connectivity index (χ0) is 9.28. The fourth-order valence-corrected chi connectivity index (χ4v) is 0.0873. The molecule has 11 heavy (non-hydrogen) atoms. The molecule has 0 fully saturated rings. The van der Waals surface area contributed by atoms with Crippen LogP contribution in [0.2, 0.25) is 0 Å². The van der Waals surface area contributed by atoms with E-state index in [4.69, 9.17) is 5.11 Å². The lowest BCUT2D eigenvalue weighted by Crippen LogP contribution is -1.93. The van der Waals surface area contributed by atoms with Crippen LogP contribution in [0.1, 0.15) is 0 Å². The fourth-order valence-electron chi connectivity index (χ4n) is 0.0873. The van der Waals surface area contributed by atoms with Gasteiger partial charge in [0.2, 0.25) is 0 Å². The van der Waals surface area contributed by atoms with E-state index in [9.17, 15) is 4.79 Å². The van der Waals surface area contributed by atoms with Gasteiger partial charge in [-0.2, -0.15) is 0 Å². The van der Waals surface area contributed by atoms with Crippen LogP contribution in [0.5, 0.6) is 0 Å². The third-order valence-corrected chi connectivity index (χ3v) is 0.688. The van der Waals surface area contributed by atoms with Crippen LogP contribution in [0.15, 0.2) is 50.1 Å². The van der Waals surface area contributed by atoms with Crippen molar-refractivity contribution in [2.75, 3.05) is 0 Å². The van der Waals surface area contributed by atoms with E-state index < -0.39 is 5.97 Å². The molecule has 0 rings (SSSR count). The second-order valence-electron chi connectivity index (χ2n) is 1.51. The van der Waals surface area contributed by atoms with Gasteiger partial charge in [-0.1, -0.05) is 44.5 Å². The molecule has 0 spiro atoms. The maximum absolute atomic E-state index is 9.76. The second-order valence-corrected chi connectivity index (χ2v) is 1.51. The van der Waals surface area contributed by atoms with Crippen molar-refractivity contribution in [3.8, 4) is 0 Å². The Bertz CT molecular complexity index is 172. The van der Waals surface area contributed by atoms with E-state index in [1.165, 1.54) is 6.08 Å². The number of allylic oxidation sites excluding steroid dienone is 2. The minimum atomic E-state index is -1.02. The molecule has 0 unspecified atom stereocenters. The van der Waals surface area contributed by atoms with E-state index in [1.807, 2.05) is 0 Å². The molecule has 2 nitrogen and oxygen atoms in total. The molecular weight excluding hydrogens is 140 g/mol. The highest BCUT2D eigenvalue weighted by molar-refractivity contribution is 5.88. The topological polar surface area (TPSA) is 37.3 Å². The van der Waals surface area contributed by atoms with Crippen molar-refractivity contribution in [1.29, 1.82) is 0 Å². The third-order valence-electron chi connectivity index (χ3n) is 0.688. The van der Waals surface area contributed by atoms with Crippen LogP contribution in [0, 0.1) is 0 Å². The van der Waals surface area contributed by atoms with Gasteiger partial charge in [0, 0.05) is 0 Å². The minimum Gasteiger partial charge on any atom is -0.478 e. The van der Waals surface area contributed by atoms with Crippen molar-refractivity contribution < 1.29 is 9.90 Å². The van der Waals surface area contributed by atoms with Crippen LogP contribution in [0.4, 0.5) is 0 Å². The van der Waals surface area contributed by atoms with Gasteiger partial charge < -0.3 is 5.11 Å². The molecule has 0 bridgehead atoms. The Hall–Kier alpha value is -1.57. The summed E-state index contributed by atoms with van der Waals surface area (Å²) in [7, 11) is 0. The maximum atomic E-state index is 9.76. The van der Waals surface area contributed by atoms with E-state index in [0.29, 0.717) is 0 Å². The predicted octanol–water partition coefficient (Wildman–Crippen LogP) is 2.17. The SMILES string of the molecule is C=CC(=C)C(=O)O.C=CC=C. The molecule has 0 saturated heterocycles.